The summed E-state index contributed by atoms with van der Waals surface area (Å²) < 4.78 is 41.4. The molecule has 4 saturated carbocycles. The predicted octanol–water partition coefficient (Wildman–Crippen LogP) is 2.22. The lowest BCUT2D eigenvalue weighted by molar-refractivity contribution is -0.227. The molecule has 0 aromatic carbocycles. The van der Waals surface area contributed by atoms with Crippen molar-refractivity contribution >= 4 is 16.2 Å². The fraction of sp³-hybridized carbons (Fsp3) is 0.750. The second kappa shape index (κ2) is 7.70. The minimum absolute atomic E-state index is 0.00902. The molecule has 0 saturated heterocycles. The van der Waals surface area contributed by atoms with Gasteiger partial charge in [0.05, 0.1) is 23.4 Å². The van der Waals surface area contributed by atoms with Gasteiger partial charge in [-0.2, -0.15) is 8.42 Å². The molecule has 0 amide bonds. The fourth-order valence-electron chi connectivity index (χ4n) is 8.37. The Labute approximate surface area is 198 Å². The first kappa shape index (κ1) is 24.1. The largest absolute Gasteiger partial charge is 0.431 e. The minimum Gasteiger partial charge on any atom is -0.431 e. The predicted molar refractivity (Wildman–Crippen MR) is 119 cm³/mol. The summed E-state index contributed by atoms with van der Waals surface area (Å²) in [5.74, 6) is -1.54. The van der Waals surface area contributed by atoms with Gasteiger partial charge < -0.3 is 14.6 Å². The minimum atomic E-state index is -4.56. The summed E-state index contributed by atoms with van der Waals surface area (Å²) in [6, 6.07) is 2.94. The average Bonchev–Trinajstić information content (AvgIpc) is 3.04. The van der Waals surface area contributed by atoms with E-state index in [1.807, 2.05) is 6.92 Å². The molecule has 34 heavy (non-hydrogen) atoms. The molecule has 1 heterocycles. The normalized spacial score (nSPS) is 46.4. The lowest BCUT2D eigenvalue weighted by Gasteiger charge is -2.64. The molecule has 4 aliphatic rings. The van der Waals surface area contributed by atoms with E-state index >= 15 is 0 Å². The van der Waals surface area contributed by atoms with Crippen molar-refractivity contribution in [3.8, 4) is 0 Å². The molecule has 0 unspecified atom stereocenters. The zero-order valence-electron chi connectivity index (χ0n) is 19.3. The van der Waals surface area contributed by atoms with Crippen LogP contribution in [0.25, 0.3) is 0 Å². The maximum atomic E-state index is 13.9. The molecule has 0 radical (unpaired) electrons. The van der Waals surface area contributed by atoms with Crippen molar-refractivity contribution in [3.63, 3.8) is 0 Å². The number of hydrogen-bond donors (Lipinski definition) is 3. The lowest BCUT2D eigenvalue weighted by atomic mass is 9.42. The highest BCUT2D eigenvalue weighted by Gasteiger charge is 2.73. The standard InChI is InChI=1S/C24H32O9S/c1-22-9-7-15(33-34(29,30)31)11-14(22)4-5-17-19(22)20(26)21(27)23(2)16(8-10-24(17,23)28)13-3-6-18(25)32-12-13/h3,6,12,14-17,19-20,26,28H,4-5,7-11H2,1-2H3,(H,29,30,31)/t14-,15+,16-,17-,19-,20+,22+,23+,24+/m1/s1. The third kappa shape index (κ3) is 3.29. The summed E-state index contributed by atoms with van der Waals surface area (Å²) in [5, 5.41) is 23.7. The number of fused-ring (bicyclic) bond motifs is 5. The Morgan fingerprint density at radius 1 is 1.09 bits per heavy atom. The van der Waals surface area contributed by atoms with Crippen molar-refractivity contribution in [2.75, 3.05) is 0 Å². The van der Waals surface area contributed by atoms with Crippen molar-refractivity contribution in [3.05, 3.63) is 34.4 Å². The van der Waals surface area contributed by atoms with Gasteiger partial charge in [0.15, 0.2) is 5.78 Å². The van der Waals surface area contributed by atoms with Gasteiger partial charge in [-0.3, -0.25) is 9.35 Å². The quantitative estimate of drug-likeness (QED) is 0.535. The summed E-state index contributed by atoms with van der Waals surface area (Å²) in [6.07, 6.45) is 2.98. The molecule has 0 spiro atoms. The van der Waals surface area contributed by atoms with Gasteiger partial charge in [-0.15, -0.1) is 0 Å². The van der Waals surface area contributed by atoms with Crippen LogP contribution in [0, 0.1) is 28.6 Å². The molecule has 9 atom stereocenters. The number of aliphatic hydroxyl groups excluding tert-OH is 1. The molecule has 4 aliphatic carbocycles. The van der Waals surface area contributed by atoms with Gasteiger partial charge in [-0.25, -0.2) is 8.98 Å². The number of aliphatic hydroxyl groups is 2. The van der Waals surface area contributed by atoms with E-state index in [2.05, 4.69) is 0 Å². The van der Waals surface area contributed by atoms with Gasteiger partial charge in [0.2, 0.25) is 0 Å². The van der Waals surface area contributed by atoms with Gasteiger partial charge in [0.1, 0.15) is 6.10 Å². The first-order valence-corrected chi connectivity index (χ1v) is 13.4. The van der Waals surface area contributed by atoms with Crippen LogP contribution in [0.4, 0.5) is 0 Å². The van der Waals surface area contributed by atoms with Gasteiger partial charge in [-0.1, -0.05) is 6.92 Å². The Hall–Kier alpha value is -1.59. The Morgan fingerprint density at radius 3 is 2.47 bits per heavy atom. The molecule has 4 fully saturated rings. The molecule has 1 aromatic rings. The summed E-state index contributed by atoms with van der Waals surface area (Å²) >= 11 is 0. The summed E-state index contributed by atoms with van der Waals surface area (Å²) in [5.41, 5.74) is -2.84. The summed E-state index contributed by atoms with van der Waals surface area (Å²) in [4.78, 5) is 25.3. The Morgan fingerprint density at radius 2 is 1.82 bits per heavy atom. The van der Waals surface area contributed by atoms with E-state index in [0.29, 0.717) is 50.5 Å². The lowest BCUT2D eigenvalue weighted by Crippen LogP contribution is -2.70. The van der Waals surface area contributed by atoms with Crippen LogP contribution in [0.3, 0.4) is 0 Å². The molecule has 188 valence electrons. The number of rotatable bonds is 3. The van der Waals surface area contributed by atoms with Crippen LogP contribution in [0.15, 0.2) is 27.6 Å². The third-order valence-corrected chi connectivity index (χ3v) is 10.5. The van der Waals surface area contributed by atoms with Gasteiger partial charge in [0.25, 0.3) is 0 Å². The van der Waals surface area contributed by atoms with Crippen LogP contribution in [0.2, 0.25) is 0 Å². The second-order valence-corrected chi connectivity index (χ2v) is 12.3. The monoisotopic (exact) mass is 496 g/mol. The van der Waals surface area contributed by atoms with E-state index < -0.39 is 50.6 Å². The summed E-state index contributed by atoms with van der Waals surface area (Å²) in [6.45, 7) is 3.77. The Bertz CT molecular complexity index is 1140. The van der Waals surface area contributed by atoms with Crippen molar-refractivity contribution < 1.29 is 36.6 Å². The molecule has 1 aromatic heterocycles. The highest BCUT2D eigenvalue weighted by atomic mass is 32.3. The molecular weight excluding hydrogens is 464 g/mol. The van der Waals surface area contributed by atoms with Crippen molar-refractivity contribution in [1.29, 1.82) is 0 Å². The zero-order chi connectivity index (χ0) is 24.7. The van der Waals surface area contributed by atoms with E-state index in [0.717, 1.165) is 0 Å². The zero-order valence-corrected chi connectivity index (χ0v) is 20.2. The molecule has 0 bridgehead atoms. The van der Waals surface area contributed by atoms with Crippen molar-refractivity contribution in [1.82, 2.24) is 0 Å². The highest BCUT2D eigenvalue weighted by Crippen LogP contribution is 2.69. The molecule has 9 nitrogen and oxygen atoms in total. The smallest absolute Gasteiger partial charge is 0.397 e. The number of carbonyl (C=O) groups is 1. The van der Waals surface area contributed by atoms with Gasteiger partial charge in [0, 0.05) is 17.9 Å². The first-order valence-electron chi connectivity index (χ1n) is 12.0. The van der Waals surface area contributed by atoms with Crippen LogP contribution in [0.5, 0.6) is 0 Å². The number of ketones is 1. The third-order valence-electron chi connectivity index (χ3n) is 10.0. The van der Waals surface area contributed by atoms with Crippen LogP contribution in [0.1, 0.15) is 70.3 Å². The Balaban J connectivity index is 1.49. The van der Waals surface area contributed by atoms with Crippen molar-refractivity contribution in [2.45, 2.75) is 82.5 Å². The Kier molecular flexibility index (Phi) is 5.46. The van der Waals surface area contributed by atoms with Crippen LogP contribution in [-0.4, -0.2) is 46.8 Å². The molecule has 0 aliphatic heterocycles. The number of hydrogen-bond acceptors (Lipinski definition) is 8. The fourth-order valence-corrected chi connectivity index (χ4v) is 8.89. The van der Waals surface area contributed by atoms with Crippen LogP contribution < -0.4 is 5.63 Å². The van der Waals surface area contributed by atoms with E-state index in [4.69, 9.17) is 13.2 Å². The van der Waals surface area contributed by atoms with E-state index in [1.165, 1.54) is 12.3 Å². The van der Waals surface area contributed by atoms with Gasteiger partial charge >= 0.3 is 16.0 Å². The molecular formula is C24H32O9S. The maximum Gasteiger partial charge on any atom is 0.397 e. The number of Topliss-reactive ketones (excluding diaryl/α,β-unsaturated/α-hetero) is 1. The maximum absolute atomic E-state index is 13.9. The topological polar surface area (TPSA) is 151 Å². The molecule has 10 heteroatoms. The number of carbonyl (C=O) groups excluding carboxylic acids is 1. The first-order chi connectivity index (χ1) is 15.8. The van der Waals surface area contributed by atoms with E-state index in [-0.39, 0.29) is 23.5 Å². The van der Waals surface area contributed by atoms with E-state index in [1.54, 1.807) is 13.0 Å². The molecule has 3 N–H and O–H groups in total. The molecule has 5 rings (SSSR count). The van der Waals surface area contributed by atoms with Crippen molar-refractivity contribution in [2.24, 2.45) is 28.6 Å². The van der Waals surface area contributed by atoms with E-state index in [9.17, 15) is 28.2 Å². The average molecular weight is 497 g/mol. The van der Waals surface area contributed by atoms with Crippen LogP contribution >= 0.6 is 0 Å². The van der Waals surface area contributed by atoms with Gasteiger partial charge in [-0.05, 0) is 80.8 Å². The highest BCUT2D eigenvalue weighted by molar-refractivity contribution is 7.80. The second-order valence-electron chi connectivity index (χ2n) is 11.2. The SMILES string of the molecule is C[C@]12CC[C@H](OS(=O)(=O)O)C[C@H]1CC[C@@H]1[C@@H]2[C@H](O)C(=O)[C@]2(C)[C@@H](c3ccc(=O)oc3)CC[C@]12O. The summed E-state index contributed by atoms with van der Waals surface area (Å²) in [7, 11) is -4.56. The van der Waals surface area contributed by atoms with Crippen LogP contribution in [-0.2, 0) is 19.4 Å².